The standard InChI is InChI=1S/C13H7Cl2FN2/c14-11-2-1-8(6-12(11)15)10-5-9(3-4-17)13(16)18-7-10/h1-2,5-7H,3H2. The van der Waals surface area contributed by atoms with Crippen LogP contribution in [0.25, 0.3) is 11.1 Å². The minimum Gasteiger partial charge on any atom is -0.227 e. The first-order valence-corrected chi connectivity index (χ1v) is 5.84. The summed E-state index contributed by atoms with van der Waals surface area (Å²) < 4.78 is 13.3. The molecule has 0 aliphatic heterocycles. The van der Waals surface area contributed by atoms with Gasteiger partial charge in [0.2, 0.25) is 5.95 Å². The summed E-state index contributed by atoms with van der Waals surface area (Å²) in [5.41, 5.74) is 1.73. The number of halogens is 3. The average molecular weight is 281 g/mol. The van der Waals surface area contributed by atoms with Gasteiger partial charge in [0.25, 0.3) is 0 Å². The molecule has 0 N–H and O–H groups in total. The van der Waals surface area contributed by atoms with E-state index < -0.39 is 5.95 Å². The zero-order chi connectivity index (χ0) is 13.1. The van der Waals surface area contributed by atoms with E-state index >= 15 is 0 Å². The van der Waals surface area contributed by atoms with Crippen molar-refractivity contribution in [2.75, 3.05) is 0 Å². The van der Waals surface area contributed by atoms with Crippen molar-refractivity contribution in [2.45, 2.75) is 6.42 Å². The number of nitriles is 1. The van der Waals surface area contributed by atoms with E-state index in [1.54, 1.807) is 24.3 Å². The van der Waals surface area contributed by atoms with Crippen LogP contribution in [0.4, 0.5) is 4.39 Å². The second kappa shape index (κ2) is 5.34. The molecule has 0 unspecified atom stereocenters. The quantitative estimate of drug-likeness (QED) is 0.771. The lowest BCUT2D eigenvalue weighted by atomic mass is 10.1. The van der Waals surface area contributed by atoms with Crippen LogP contribution in [-0.4, -0.2) is 4.98 Å². The normalized spacial score (nSPS) is 10.1. The smallest absolute Gasteiger partial charge is 0.217 e. The molecule has 0 radical (unpaired) electrons. The van der Waals surface area contributed by atoms with Crippen LogP contribution in [-0.2, 0) is 6.42 Å². The van der Waals surface area contributed by atoms with E-state index in [-0.39, 0.29) is 12.0 Å². The van der Waals surface area contributed by atoms with Crippen molar-refractivity contribution in [3.05, 3.63) is 52.0 Å². The van der Waals surface area contributed by atoms with Gasteiger partial charge in [-0.1, -0.05) is 29.3 Å². The molecule has 0 aliphatic rings. The van der Waals surface area contributed by atoms with Crippen molar-refractivity contribution in [3.63, 3.8) is 0 Å². The second-order valence-electron chi connectivity index (χ2n) is 3.64. The number of pyridine rings is 1. The van der Waals surface area contributed by atoms with Crippen LogP contribution in [0.1, 0.15) is 5.56 Å². The third kappa shape index (κ3) is 2.61. The van der Waals surface area contributed by atoms with E-state index in [9.17, 15) is 4.39 Å². The summed E-state index contributed by atoms with van der Waals surface area (Å²) in [4.78, 5) is 3.63. The van der Waals surface area contributed by atoms with Gasteiger partial charge in [-0.05, 0) is 23.8 Å². The highest BCUT2D eigenvalue weighted by Gasteiger charge is 2.07. The highest BCUT2D eigenvalue weighted by molar-refractivity contribution is 6.42. The van der Waals surface area contributed by atoms with Gasteiger partial charge >= 0.3 is 0 Å². The third-order valence-electron chi connectivity index (χ3n) is 2.43. The fourth-order valence-electron chi connectivity index (χ4n) is 1.54. The molecule has 5 heteroatoms. The zero-order valence-electron chi connectivity index (χ0n) is 9.12. The van der Waals surface area contributed by atoms with Gasteiger partial charge in [-0.3, -0.25) is 0 Å². The molecule has 2 aromatic rings. The number of hydrogen-bond donors (Lipinski definition) is 0. The predicted molar refractivity (Wildman–Crippen MR) is 69.0 cm³/mol. The van der Waals surface area contributed by atoms with E-state index in [0.29, 0.717) is 15.6 Å². The Kier molecular flexibility index (Phi) is 3.81. The fourth-order valence-corrected chi connectivity index (χ4v) is 1.83. The topological polar surface area (TPSA) is 36.7 Å². The largest absolute Gasteiger partial charge is 0.227 e. The predicted octanol–water partition coefficient (Wildman–Crippen LogP) is 4.26. The van der Waals surface area contributed by atoms with E-state index in [1.807, 2.05) is 6.07 Å². The lowest BCUT2D eigenvalue weighted by molar-refractivity contribution is 0.571. The maximum Gasteiger partial charge on any atom is 0.217 e. The van der Waals surface area contributed by atoms with E-state index in [2.05, 4.69) is 4.98 Å². The molecule has 1 aromatic heterocycles. The average Bonchev–Trinajstić information content (AvgIpc) is 2.36. The van der Waals surface area contributed by atoms with E-state index in [0.717, 1.165) is 5.56 Å². The fraction of sp³-hybridized carbons (Fsp3) is 0.0769. The molecule has 0 bridgehead atoms. The van der Waals surface area contributed by atoms with Gasteiger partial charge in [0.05, 0.1) is 22.5 Å². The lowest BCUT2D eigenvalue weighted by Crippen LogP contribution is -1.94. The number of benzene rings is 1. The van der Waals surface area contributed by atoms with Crippen LogP contribution >= 0.6 is 23.2 Å². The van der Waals surface area contributed by atoms with Crippen molar-refractivity contribution < 1.29 is 4.39 Å². The minimum atomic E-state index is -0.625. The van der Waals surface area contributed by atoms with Gasteiger partial charge in [-0.25, -0.2) is 4.98 Å². The van der Waals surface area contributed by atoms with E-state index in [4.69, 9.17) is 28.5 Å². The molecule has 90 valence electrons. The van der Waals surface area contributed by atoms with Gasteiger partial charge in [-0.15, -0.1) is 0 Å². The van der Waals surface area contributed by atoms with Gasteiger partial charge < -0.3 is 0 Å². The summed E-state index contributed by atoms with van der Waals surface area (Å²) in [6.07, 6.45) is 1.38. The van der Waals surface area contributed by atoms with Crippen LogP contribution in [0.2, 0.25) is 10.0 Å². The Morgan fingerprint density at radius 3 is 2.61 bits per heavy atom. The number of hydrogen-bond acceptors (Lipinski definition) is 2. The third-order valence-corrected chi connectivity index (χ3v) is 3.17. The maximum atomic E-state index is 13.3. The first-order valence-electron chi connectivity index (χ1n) is 5.08. The van der Waals surface area contributed by atoms with Crippen LogP contribution in [0.15, 0.2) is 30.5 Å². The Morgan fingerprint density at radius 2 is 1.94 bits per heavy atom. The SMILES string of the molecule is N#CCc1cc(-c2ccc(Cl)c(Cl)c2)cnc1F. The molecular weight excluding hydrogens is 274 g/mol. The van der Waals surface area contributed by atoms with Crippen LogP contribution in [0.3, 0.4) is 0 Å². The van der Waals surface area contributed by atoms with Crippen molar-refractivity contribution in [2.24, 2.45) is 0 Å². The first-order chi connectivity index (χ1) is 8.61. The summed E-state index contributed by atoms with van der Waals surface area (Å²) in [7, 11) is 0. The summed E-state index contributed by atoms with van der Waals surface area (Å²) in [5.74, 6) is -0.625. The van der Waals surface area contributed by atoms with Crippen molar-refractivity contribution in [3.8, 4) is 17.2 Å². The molecule has 0 amide bonds. The Balaban J connectivity index is 2.48. The molecule has 18 heavy (non-hydrogen) atoms. The molecule has 0 saturated heterocycles. The zero-order valence-corrected chi connectivity index (χ0v) is 10.6. The molecule has 1 heterocycles. The summed E-state index contributed by atoms with van der Waals surface area (Å²) in [6, 6.07) is 8.58. The summed E-state index contributed by atoms with van der Waals surface area (Å²) in [6.45, 7) is 0. The van der Waals surface area contributed by atoms with Crippen LogP contribution in [0.5, 0.6) is 0 Å². The Labute approximate surface area is 114 Å². The van der Waals surface area contributed by atoms with E-state index in [1.165, 1.54) is 6.20 Å². The number of aromatic nitrogens is 1. The Morgan fingerprint density at radius 1 is 1.17 bits per heavy atom. The first kappa shape index (κ1) is 12.8. The van der Waals surface area contributed by atoms with Crippen LogP contribution < -0.4 is 0 Å². The molecule has 0 saturated carbocycles. The van der Waals surface area contributed by atoms with Gasteiger partial charge in [-0.2, -0.15) is 9.65 Å². The molecular formula is C13H7Cl2FN2. The second-order valence-corrected chi connectivity index (χ2v) is 4.45. The summed E-state index contributed by atoms with van der Waals surface area (Å²) in [5, 5.41) is 9.47. The molecule has 0 atom stereocenters. The molecule has 0 fully saturated rings. The molecule has 2 rings (SSSR count). The number of nitrogens with zero attached hydrogens (tertiary/aromatic N) is 2. The molecule has 2 nitrogen and oxygen atoms in total. The summed E-state index contributed by atoms with van der Waals surface area (Å²) >= 11 is 11.7. The minimum absolute atomic E-state index is 0.0198. The van der Waals surface area contributed by atoms with Crippen molar-refractivity contribution >= 4 is 23.2 Å². The highest BCUT2D eigenvalue weighted by Crippen LogP contribution is 2.28. The van der Waals surface area contributed by atoms with Crippen molar-refractivity contribution in [1.82, 2.24) is 4.98 Å². The van der Waals surface area contributed by atoms with Gasteiger partial charge in [0.1, 0.15) is 0 Å². The molecule has 0 spiro atoms. The monoisotopic (exact) mass is 280 g/mol. The highest BCUT2D eigenvalue weighted by atomic mass is 35.5. The molecule has 0 aliphatic carbocycles. The van der Waals surface area contributed by atoms with Gasteiger partial charge in [0, 0.05) is 17.3 Å². The molecule has 1 aromatic carbocycles. The van der Waals surface area contributed by atoms with Gasteiger partial charge in [0.15, 0.2) is 0 Å². The Bertz CT molecular complexity index is 635. The van der Waals surface area contributed by atoms with Crippen molar-refractivity contribution in [1.29, 1.82) is 5.26 Å². The maximum absolute atomic E-state index is 13.3. The van der Waals surface area contributed by atoms with Crippen LogP contribution in [0, 0.1) is 17.3 Å². The Hall–Kier alpha value is -1.63. The number of rotatable bonds is 2. The lowest BCUT2D eigenvalue weighted by Gasteiger charge is -2.05.